The van der Waals surface area contributed by atoms with E-state index >= 15 is 0 Å². The molecule has 2 aliphatic rings. The number of primary amides is 1. The quantitative estimate of drug-likeness (QED) is 0.900. The summed E-state index contributed by atoms with van der Waals surface area (Å²) in [6.45, 7) is 1.79. The van der Waals surface area contributed by atoms with Crippen molar-refractivity contribution in [2.45, 2.75) is 37.6 Å². The standard InChI is InChI=1S/C13H17N7OS/c14-10(21)12-15-7-20(17-12)9-2-1-5-19(6-9)13-16-11(18-22-13)8-3-4-8/h7-9H,1-6H2,(H2,14,21)/t9-/m1/s1. The van der Waals surface area contributed by atoms with E-state index in [4.69, 9.17) is 5.73 Å². The smallest absolute Gasteiger partial charge is 0.288 e. The Balaban J connectivity index is 1.49. The van der Waals surface area contributed by atoms with Crippen LogP contribution in [0.3, 0.4) is 0 Å². The lowest BCUT2D eigenvalue weighted by molar-refractivity contribution is 0.0990. The molecular formula is C13H17N7OS. The first-order valence-electron chi connectivity index (χ1n) is 7.50. The van der Waals surface area contributed by atoms with Gasteiger partial charge in [-0.3, -0.25) is 4.79 Å². The lowest BCUT2D eigenvalue weighted by Crippen LogP contribution is -2.36. The normalized spacial score (nSPS) is 22.0. The summed E-state index contributed by atoms with van der Waals surface area (Å²) in [7, 11) is 0. The Labute approximate surface area is 131 Å². The van der Waals surface area contributed by atoms with E-state index in [2.05, 4.69) is 24.3 Å². The third-order valence-corrected chi connectivity index (χ3v) is 4.93. The van der Waals surface area contributed by atoms with Gasteiger partial charge in [0.2, 0.25) is 11.0 Å². The van der Waals surface area contributed by atoms with Crippen LogP contribution in [0.5, 0.6) is 0 Å². The van der Waals surface area contributed by atoms with E-state index in [1.807, 2.05) is 0 Å². The van der Waals surface area contributed by atoms with Crippen molar-refractivity contribution in [3.63, 3.8) is 0 Å². The number of aromatic nitrogens is 5. The minimum Gasteiger partial charge on any atom is -0.363 e. The van der Waals surface area contributed by atoms with Gasteiger partial charge in [-0.1, -0.05) is 0 Å². The highest BCUT2D eigenvalue weighted by Crippen LogP contribution is 2.40. The summed E-state index contributed by atoms with van der Waals surface area (Å²) in [6.07, 6.45) is 6.08. The summed E-state index contributed by atoms with van der Waals surface area (Å²) in [5.74, 6) is 1.06. The molecule has 2 aromatic rings. The maximum atomic E-state index is 11.1. The lowest BCUT2D eigenvalue weighted by Gasteiger charge is -2.32. The molecule has 0 spiro atoms. The molecule has 2 fully saturated rings. The van der Waals surface area contributed by atoms with E-state index < -0.39 is 5.91 Å². The van der Waals surface area contributed by atoms with Crippen LogP contribution in [0.15, 0.2) is 6.33 Å². The van der Waals surface area contributed by atoms with Gasteiger partial charge in [0.1, 0.15) is 12.2 Å². The topological polar surface area (TPSA) is 103 Å². The van der Waals surface area contributed by atoms with E-state index in [0.717, 1.165) is 36.9 Å². The average Bonchev–Trinajstić information content (AvgIpc) is 3.06. The summed E-state index contributed by atoms with van der Waals surface area (Å²) >= 11 is 1.48. The van der Waals surface area contributed by atoms with Crippen molar-refractivity contribution in [3.8, 4) is 0 Å². The molecule has 0 radical (unpaired) electrons. The summed E-state index contributed by atoms with van der Waals surface area (Å²) in [4.78, 5) is 22.0. The zero-order chi connectivity index (χ0) is 15.1. The Kier molecular flexibility index (Phi) is 3.29. The van der Waals surface area contributed by atoms with Gasteiger partial charge < -0.3 is 10.6 Å². The maximum Gasteiger partial charge on any atom is 0.288 e. The molecule has 3 heterocycles. The van der Waals surface area contributed by atoms with Gasteiger partial charge in [-0.05, 0) is 25.7 Å². The summed E-state index contributed by atoms with van der Waals surface area (Å²) in [5, 5.41) is 5.16. The molecule has 2 N–H and O–H groups in total. The summed E-state index contributed by atoms with van der Waals surface area (Å²) in [6, 6.07) is 0.183. The van der Waals surface area contributed by atoms with Crippen molar-refractivity contribution in [2.75, 3.05) is 18.0 Å². The van der Waals surface area contributed by atoms with Crippen LogP contribution in [0.1, 0.15) is 54.1 Å². The number of carbonyl (C=O) groups is 1. The largest absolute Gasteiger partial charge is 0.363 e. The minimum atomic E-state index is -0.593. The molecule has 1 aliphatic heterocycles. The Morgan fingerprint density at radius 1 is 1.36 bits per heavy atom. The average molecular weight is 319 g/mol. The molecule has 2 aromatic heterocycles. The number of nitrogens with two attached hydrogens (primary N) is 1. The highest BCUT2D eigenvalue weighted by molar-refractivity contribution is 7.09. The predicted molar refractivity (Wildman–Crippen MR) is 80.9 cm³/mol. The molecule has 22 heavy (non-hydrogen) atoms. The van der Waals surface area contributed by atoms with Crippen LogP contribution in [-0.2, 0) is 0 Å². The Morgan fingerprint density at radius 3 is 2.95 bits per heavy atom. The predicted octanol–water partition coefficient (Wildman–Crippen LogP) is 0.947. The molecule has 9 heteroatoms. The van der Waals surface area contributed by atoms with Gasteiger partial charge in [0.05, 0.1) is 6.04 Å². The fourth-order valence-electron chi connectivity index (χ4n) is 2.77. The molecule has 0 unspecified atom stereocenters. The molecule has 0 aromatic carbocycles. The van der Waals surface area contributed by atoms with Crippen molar-refractivity contribution in [2.24, 2.45) is 5.73 Å². The van der Waals surface area contributed by atoms with E-state index in [-0.39, 0.29) is 11.9 Å². The van der Waals surface area contributed by atoms with E-state index in [1.165, 1.54) is 24.4 Å². The fourth-order valence-corrected chi connectivity index (χ4v) is 3.55. The van der Waals surface area contributed by atoms with Crippen molar-refractivity contribution < 1.29 is 4.79 Å². The van der Waals surface area contributed by atoms with Crippen molar-refractivity contribution in [1.82, 2.24) is 24.1 Å². The third-order valence-electron chi connectivity index (χ3n) is 4.14. The Bertz CT molecular complexity index is 692. The van der Waals surface area contributed by atoms with Gasteiger partial charge in [0, 0.05) is 30.5 Å². The van der Waals surface area contributed by atoms with Crippen LogP contribution in [0.2, 0.25) is 0 Å². The second-order valence-electron chi connectivity index (χ2n) is 5.86. The van der Waals surface area contributed by atoms with Crippen LogP contribution in [-0.4, -0.2) is 43.1 Å². The molecule has 116 valence electrons. The van der Waals surface area contributed by atoms with Gasteiger partial charge in [0.15, 0.2) is 0 Å². The number of carbonyl (C=O) groups excluding carboxylic acids is 1. The first-order valence-corrected chi connectivity index (χ1v) is 8.27. The number of hydrogen-bond acceptors (Lipinski definition) is 7. The Morgan fingerprint density at radius 2 is 2.23 bits per heavy atom. The molecule has 0 bridgehead atoms. The molecular weight excluding hydrogens is 302 g/mol. The fraction of sp³-hybridized carbons (Fsp3) is 0.615. The second kappa shape index (κ2) is 5.31. The minimum absolute atomic E-state index is 0.0732. The van der Waals surface area contributed by atoms with Gasteiger partial charge in [-0.25, -0.2) is 14.6 Å². The molecule has 4 rings (SSSR count). The number of amides is 1. The summed E-state index contributed by atoms with van der Waals surface area (Å²) in [5.41, 5.74) is 5.21. The van der Waals surface area contributed by atoms with Gasteiger partial charge >= 0.3 is 0 Å². The van der Waals surface area contributed by atoms with Crippen LogP contribution < -0.4 is 10.6 Å². The SMILES string of the molecule is NC(=O)c1ncn([C@@H]2CCCN(c3nc(C4CC4)ns3)C2)n1. The van der Waals surface area contributed by atoms with Gasteiger partial charge in [0.25, 0.3) is 5.91 Å². The number of rotatable bonds is 4. The van der Waals surface area contributed by atoms with E-state index in [9.17, 15) is 4.79 Å². The summed E-state index contributed by atoms with van der Waals surface area (Å²) < 4.78 is 6.22. The number of nitrogens with zero attached hydrogens (tertiary/aromatic N) is 6. The number of anilines is 1. The first kappa shape index (κ1) is 13.6. The molecule has 1 saturated heterocycles. The van der Waals surface area contributed by atoms with E-state index in [0.29, 0.717) is 5.92 Å². The van der Waals surface area contributed by atoms with Gasteiger partial charge in [-0.15, -0.1) is 5.10 Å². The highest BCUT2D eigenvalue weighted by atomic mass is 32.1. The van der Waals surface area contributed by atoms with Crippen LogP contribution in [0.25, 0.3) is 0 Å². The van der Waals surface area contributed by atoms with Crippen molar-refractivity contribution in [3.05, 3.63) is 18.0 Å². The zero-order valence-corrected chi connectivity index (χ0v) is 12.9. The molecule has 1 atom stereocenters. The number of piperidine rings is 1. The van der Waals surface area contributed by atoms with Crippen LogP contribution in [0.4, 0.5) is 5.13 Å². The first-order chi connectivity index (χ1) is 10.7. The molecule has 8 nitrogen and oxygen atoms in total. The molecule has 1 amide bonds. The second-order valence-corrected chi connectivity index (χ2v) is 6.59. The van der Waals surface area contributed by atoms with Crippen molar-refractivity contribution in [1.29, 1.82) is 0 Å². The van der Waals surface area contributed by atoms with E-state index in [1.54, 1.807) is 11.0 Å². The Hall–Kier alpha value is -2.03. The third kappa shape index (κ3) is 2.56. The molecule has 1 aliphatic carbocycles. The van der Waals surface area contributed by atoms with Crippen LogP contribution >= 0.6 is 11.5 Å². The lowest BCUT2D eigenvalue weighted by atomic mass is 10.1. The monoisotopic (exact) mass is 319 g/mol. The highest BCUT2D eigenvalue weighted by Gasteiger charge is 2.30. The van der Waals surface area contributed by atoms with Crippen molar-refractivity contribution >= 4 is 22.6 Å². The zero-order valence-electron chi connectivity index (χ0n) is 12.1. The molecule has 1 saturated carbocycles. The van der Waals surface area contributed by atoms with Gasteiger partial charge in [-0.2, -0.15) is 4.37 Å². The number of hydrogen-bond donors (Lipinski definition) is 1. The van der Waals surface area contributed by atoms with Crippen LogP contribution in [0, 0.1) is 0 Å². The maximum absolute atomic E-state index is 11.1.